The standard InChI is InChI=1S/C20H22N2O4/c23-19(12-14-22-13-4-7-18(22)20(24)25)21-15-8-10-17(11-9-15)26-16-5-2-1-3-6-16/h1-3,5-6,8-11,18H,4,7,12-14H2,(H,21,23)(H,24,25)/t18-/m0/s1. The van der Waals surface area contributed by atoms with Crippen LogP contribution < -0.4 is 10.1 Å². The van der Waals surface area contributed by atoms with Crippen LogP contribution in [0.4, 0.5) is 5.69 Å². The first-order valence-electron chi connectivity index (χ1n) is 8.71. The molecule has 1 aliphatic heterocycles. The van der Waals surface area contributed by atoms with E-state index in [9.17, 15) is 9.59 Å². The number of hydrogen-bond donors (Lipinski definition) is 2. The summed E-state index contributed by atoms with van der Waals surface area (Å²) in [4.78, 5) is 25.1. The van der Waals surface area contributed by atoms with Crippen LogP contribution in [0.1, 0.15) is 19.3 Å². The lowest BCUT2D eigenvalue weighted by Gasteiger charge is -2.20. The van der Waals surface area contributed by atoms with Gasteiger partial charge in [-0.1, -0.05) is 18.2 Å². The Morgan fingerprint density at radius 3 is 2.46 bits per heavy atom. The number of carboxylic acid groups (broad SMARTS) is 1. The fourth-order valence-corrected chi connectivity index (χ4v) is 3.07. The number of carbonyl (C=O) groups is 2. The SMILES string of the molecule is O=C(CCN1CCC[C@H]1C(=O)O)Nc1ccc(Oc2ccccc2)cc1. The zero-order valence-corrected chi connectivity index (χ0v) is 14.4. The van der Waals surface area contributed by atoms with E-state index in [1.165, 1.54) is 0 Å². The summed E-state index contributed by atoms with van der Waals surface area (Å²) in [5, 5.41) is 12.0. The predicted molar refractivity (Wildman–Crippen MR) is 98.4 cm³/mol. The number of aliphatic carboxylic acids is 1. The number of nitrogens with one attached hydrogen (secondary N) is 1. The largest absolute Gasteiger partial charge is 0.480 e. The van der Waals surface area contributed by atoms with Crippen molar-refractivity contribution in [2.45, 2.75) is 25.3 Å². The van der Waals surface area contributed by atoms with Gasteiger partial charge in [0.15, 0.2) is 0 Å². The molecule has 1 saturated heterocycles. The molecule has 0 bridgehead atoms. The number of carbonyl (C=O) groups excluding carboxylic acids is 1. The molecule has 3 rings (SSSR count). The number of para-hydroxylation sites is 1. The average Bonchev–Trinajstić information content (AvgIpc) is 3.11. The van der Waals surface area contributed by atoms with Gasteiger partial charge in [0.05, 0.1) is 0 Å². The molecule has 1 atom stereocenters. The Bertz CT molecular complexity index is 746. The maximum Gasteiger partial charge on any atom is 0.320 e. The van der Waals surface area contributed by atoms with Gasteiger partial charge in [-0.05, 0) is 55.8 Å². The fraction of sp³-hybridized carbons (Fsp3) is 0.300. The Hall–Kier alpha value is -2.86. The third kappa shape index (κ3) is 4.83. The molecule has 1 amide bonds. The highest BCUT2D eigenvalue weighted by Crippen LogP contribution is 2.23. The van der Waals surface area contributed by atoms with E-state index < -0.39 is 12.0 Å². The number of carboxylic acids is 1. The second-order valence-corrected chi connectivity index (χ2v) is 6.27. The molecular formula is C20H22N2O4. The van der Waals surface area contributed by atoms with E-state index in [4.69, 9.17) is 9.84 Å². The molecule has 2 aromatic carbocycles. The maximum absolute atomic E-state index is 12.1. The molecule has 6 heteroatoms. The number of hydrogen-bond acceptors (Lipinski definition) is 4. The minimum absolute atomic E-state index is 0.127. The van der Waals surface area contributed by atoms with E-state index in [0.29, 0.717) is 24.4 Å². The van der Waals surface area contributed by atoms with Gasteiger partial charge in [-0.2, -0.15) is 0 Å². The number of rotatable bonds is 7. The van der Waals surface area contributed by atoms with Crippen LogP contribution >= 0.6 is 0 Å². The molecule has 1 heterocycles. The third-order valence-electron chi connectivity index (χ3n) is 4.39. The summed E-state index contributed by atoms with van der Waals surface area (Å²) in [7, 11) is 0. The lowest BCUT2D eigenvalue weighted by Crippen LogP contribution is -2.37. The summed E-state index contributed by atoms with van der Waals surface area (Å²) in [6.45, 7) is 1.19. The monoisotopic (exact) mass is 354 g/mol. The van der Waals surface area contributed by atoms with Crippen LogP contribution in [-0.2, 0) is 9.59 Å². The number of anilines is 1. The molecule has 26 heavy (non-hydrogen) atoms. The molecule has 0 saturated carbocycles. The van der Waals surface area contributed by atoms with Crippen molar-refractivity contribution in [2.75, 3.05) is 18.4 Å². The molecule has 2 aromatic rings. The molecule has 6 nitrogen and oxygen atoms in total. The second-order valence-electron chi connectivity index (χ2n) is 6.27. The summed E-state index contributed by atoms with van der Waals surface area (Å²) in [5.74, 6) is 0.508. The normalized spacial score (nSPS) is 17.0. The van der Waals surface area contributed by atoms with Gasteiger partial charge >= 0.3 is 5.97 Å². The van der Waals surface area contributed by atoms with Crippen molar-refractivity contribution in [3.8, 4) is 11.5 Å². The van der Waals surface area contributed by atoms with Crippen LogP contribution in [0.25, 0.3) is 0 Å². The molecule has 0 radical (unpaired) electrons. The van der Waals surface area contributed by atoms with Gasteiger partial charge in [-0.3, -0.25) is 14.5 Å². The van der Waals surface area contributed by atoms with Gasteiger partial charge < -0.3 is 15.2 Å². The first-order valence-corrected chi connectivity index (χ1v) is 8.71. The van der Waals surface area contributed by atoms with Crippen LogP contribution in [0.2, 0.25) is 0 Å². The van der Waals surface area contributed by atoms with Crippen molar-refractivity contribution in [2.24, 2.45) is 0 Å². The molecule has 0 aliphatic carbocycles. The zero-order chi connectivity index (χ0) is 18.4. The number of amides is 1. The molecule has 0 spiro atoms. The summed E-state index contributed by atoms with van der Waals surface area (Å²) in [5.41, 5.74) is 0.687. The van der Waals surface area contributed by atoms with Crippen molar-refractivity contribution >= 4 is 17.6 Å². The summed E-state index contributed by atoms with van der Waals surface area (Å²) < 4.78 is 5.71. The molecule has 1 fully saturated rings. The van der Waals surface area contributed by atoms with Crippen molar-refractivity contribution in [3.05, 3.63) is 54.6 Å². The minimum atomic E-state index is -0.808. The van der Waals surface area contributed by atoms with Gasteiger partial charge in [0.2, 0.25) is 5.91 Å². The van der Waals surface area contributed by atoms with Crippen molar-refractivity contribution in [1.82, 2.24) is 4.90 Å². The Morgan fingerprint density at radius 1 is 1.08 bits per heavy atom. The number of ether oxygens (including phenoxy) is 1. The average molecular weight is 354 g/mol. The summed E-state index contributed by atoms with van der Waals surface area (Å²) >= 11 is 0. The van der Waals surface area contributed by atoms with Crippen molar-refractivity contribution in [1.29, 1.82) is 0 Å². The van der Waals surface area contributed by atoms with Crippen molar-refractivity contribution in [3.63, 3.8) is 0 Å². The quantitative estimate of drug-likeness (QED) is 0.797. The lowest BCUT2D eigenvalue weighted by molar-refractivity contribution is -0.142. The van der Waals surface area contributed by atoms with E-state index in [-0.39, 0.29) is 12.3 Å². The smallest absolute Gasteiger partial charge is 0.320 e. The third-order valence-corrected chi connectivity index (χ3v) is 4.39. The Labute approximate surface area is 152 Å². The molecule has 2 N–H and O–H groups in total. The first kappa shape index (κ1) is 17.9. The summed E-state index contributed by atoms with van der Waals surface area (Å²) in [6, 6.07) is 16.2. The molecule has 1 aliphatic rings. The minimum Gasteiger partial charge on any atom is -0.480 e. The maximum atomic E-state index is 12.1. The molecular weight excluding hydrogens is 332 g/mol. The van der Waals surface area contributed by atoms with Crippen LogP contribution in [0.15, 0.2) is 54.6 Å². The first-order chi connectivity index (χ1) is 12.6. The number of nitrogens with zero attached hydrogens (tertiary/aromatic N) is 1. The Balaban J connectivity index is 1.48. The predicted octanol–water partition coefficient (Wildman–Crippen LogP) is 3.36. The molecule has 0 unspecified atom stereocenters. The Morgan fingerprint density at radius 2 is 1.77 bits per heavy atom. The van der Waals surface area contributed by atoms with Gasteiger partial charge in [0, 0.05) is 18.7 Å². The Kier molecular flexibility index (Phi) is 5.86. The van der Waals surface area contributed by atoms with Crippen LogP contribution in [0.3, 0.4) is 0 Å². The fourth-order valence-electron chi connectivity index (χ4n) is 3.07. The van der Waals surface area contributed by atoms with Crippen LogP contribution in [-0.4, -0.2) is 41.0 Å². The van der Waals surface area contributed by atoms with Crippen LogP contribution in [0.5, 0.6) is 11.5 Å². The molecule has 0 aromatic heterocycles. The molecule has 136 valence electrons. The van der Waals surface area contributed by atoms with E-state index in [1.807, 2.05) is 35.2 Å². The zero-order valence-electron chi connectivity index (χ0n) is 14.4. The van der Waals surface area contributed by atoms with Gasteiger partial charge in [-0.25, -0.2) is 0 Å². The highest BCUT2D eigenvalue weighted by Gasteiger charge is 2.30. The number of benzene rings is 2. The topological polar surface area (TPSA) is 78.9 Å². The van der Waals surface area contributed by atoms with Gasteiger partial charge in [0.25, 0.3) is 0 Å². The van der Waals surface area contributed by atoms with Crippen LogP contribution in [0, 0.1) is 0 Å². The number of likely N-dealkylation sites (tertiary alicyclic amines) is 1. The van der Waals surface area contributed by atoms with E-state index in [0.717, 1.165) is 18.7 Å². The van der Waals surface area contributed by atoms with E-state index in [2.05, 4.69) is 5.32 Å². The second kappa shape index (κ2) is 8.49. The van der Waals surface area contributed by atoms with E-state index >= 15 is 0 Å². The van der Waals surface area contributed by atoms with Crippen molar-refractivity contribution < 1.29 is 19.4 Å². The highest BCUT2D eigenvalue weighted by atomic mass is 16.5. The van der Waals surface area contributed by atoms with Gasteiger partial charge in [0.1, 0.15) is 17.5 Å². The van der Waals surface area contributed by atoms with Gasteiger partial charge in [-0.15, -0.1) is 0 Å². The van der Waals surface area contributed by atoms with E-state index in [1.54, 1.807) is 24.3 Å². The highest BCUT2D eigenvalue weighted by molar-refractivity contribution is 5.90. The lowest BCUT2D eigenvalue weighted by atomic mass is 10.2. The summed E-state index contributed by atoms with van der Waals surface area (Å²) in [6.07, 6.45) is 1.79.